The van der Waals surface area contributed by atoms with Crippen molar-refractivity contribution in [2.45, 2.75) is 31.6 Å². The van der Waals surface area contributed by atoms with Crippen molar-refractivity contribution in [2.75, 3.05) is 7.11 Å². The highest BCUT2D eigenvalue weighted by Crippen LogP contribution is 2.34. The van der Waals surface area contributed by atoms with Gasteiger partial charge in [-0.15, -0.1) is 0 Å². The molecule has 1 aromatic rings. The first-order valence-electron chi connectivity index (χ1n) is 6.55. The van der Waals surface area contributed by atoms with Crippen LogP contribution in [0.2, 0.25) is 5.02 Å². The molecular weight excluding hydrogens is 283 g/mol. The molecule has 0 bridgehead atoms. The maximum atomic E-state index is 13.2. The van der Waals surface area contributed by atoms with Gasteiger partial charge in [-0.05, 0) is 36.5 Å². The van der Waals surface area contributed by atoms with Gasteiger partial charge < -0.3 is 4.74 Å². The molecule has 0 aliphatic heterocycles. The smallest absolute Gasteiger partial charge is 0.313 e. The van der Waals surface area contributed by atoms with E-state index in [-0.39, 0.29) is 22.7 Å². The number of benzene rings is 1. The largest absolute Gasteiger partial charge is 0.469 e. The summed E-state index contributed by atoms with van der Waals surface area (Å²) in [5.41, 5.74) is 0.627. The molecule has 2 unspecified atom stereocenters. The highest BCUT2D eigenvalue weighted by Gasteiger charge is 2.30. The highest BCUT2D eigenvalue weighted by atomic mass is 35.5. The lowest BCUT2D eigenvalue weighted by atomic mass is 9.88. The van der Waals surface area contributed by atoms with Crippen molar-refractivity contribution in [3.63, 3.8) is 0 Å². The van der Waals surface area contributed by atoms with Gasteiger partial charge >= 0.3 is 5.97 Å². The summed E-state index contributed by atoms with van der Waals surface area (Å²) in [6.07, 6.45) is 2.40. The number of ketones is 1. The third kappa shape index (κ3) is 3.37. The summed E-state index contributed by atoms with van der Waals surface area (Å²) in [5.74, 6) is -0.998. The second kappa shape index (κ2) is 6.35. The van der Waals surface area contributed by atoms with E-state index in [2.05, 4.69) is 0 Å². The number of hydrogen-bond acceptors (Lipinski definition) is 3. The van der Waals surface area contributed by atoms with Crippen LogP contribution in [0.4, 0.5) is 4.39 Å². The predicted molar refractivity (Wildman–Crippen MR) is 73.1 cm³/mol. The fourth-order valence-corrected chi connectivity index (χ4v) is 2.85. The van der Waals surface area contributed by atoms with E-state index in [1.54, 1.807) is 6.07 Å². The lowest BCUT2D eigenvalue weighted by molar-refractivity contribution is -0.143. The molecule has 5 heteroatoms. The molecule has 3 nitrogen and oxygen atoms in total. The van der Waals surface area contributed by atoms with Crippen molar-refractivity contribution in [2.24, 2.45) is 5.92 Å². The summed E-state index contributed by atoms with van der Waals surface area (Å²) < 4.78 is 18.0. The van der Waals surface area contributed by atoms with Crippen LogP contribution in [0, 0.1) is 11.7 Å². The van der Waals surface area contributed by atoms with E-state index in [4.69, 9.17) is 16.3 Å². The Morgan fingerprint density at radius 1 is 1.55 bits per heavy atom. The zero-order valence-electron chi connectivity index (χ0n) is 11.2. The van der Waals surface area contributed by atoms with Crippen LogP contribution in [-0.4, -0.2) is 18.9 Å². The number of hydrogen-bond donors (Lipinski definition) is 0. The first-order valence-corrected chi connectivity index (χ1v) is 6.93. The molecule has 2 rings (SSSR count). The van der Waals surface area contributed by atoms with Crippen molar-refractivity contribution >= 4 is 23.4 Å². The van der Waals surface area contributed by atoms with Gasteiger partial charge in [0.15, 0.2) is 0 Å². The van der Waals surface area contributed by atoms with Crippen LogP contribution >= 0.6 is 11.6 Å². The maximum Gasteiger partial charge on any atom is 0.313 e. The normalized spacial score (nSPS) is 19.9. The minimum atomic E-state index is -0.518. The standard InChI is InChI=1S/C15H16ClFO3/c1-20-15(19)12(7-9-2-4-11(18)6-9)10-3-5-14(17)13(16)8-10/h3,5,8-9,12H,2,4,6-7H2,1H3. The summed E-state index contributed by atoms with van der Waals surface area (Å²) in [7, 11) is 1.32. The van der Waals surface area contributed by atoms with E-state index in [0.29, 0.717) is 24.8 Å². The number of carbonyl (C=O) groups is 2. The van der Waals surface area contributed by atoms with Gasteiger partial charge in [0, 0.05) is 12.8 Å². The predicted octanol–water partition coefficient (Wildman–Crippen LogP) is 3.50. The Bertz CT molecular complexity index is 530. The molecule has 1 aromatic carbocycles. The number of esters is 1. The van der Waals surface area contributed by atoms with Gasteiger partial charge in [-0.3, -0.25) is 9.59 Å². The van der Waals surface area contributed by atoms with Crippen LogP contribution in [0.1, 0.15) is 37.2 Å². The molecule has 0 radical (unpaired) electrons. The first-order chi connectivity index (χ1) is 9.51. The first kappa shape index (κ1) is 15.0. The third-order valence-electron chi connectivity index (χ3n) is 3.75. The van der Waals surface area contributed by atoms with Gasteiger partial charge in [0.25, 0.3) is 0 Å². The molecule has 1 fully saturated rings. The minimum absolute atomic E-state index is 0.0149. The molecule has 20 heavy (non-hydrogen) atoms. The van der Waals surface area contributed by atoms with Gasteiger partial charge in [0.05, 0.1) is 18.1 Å². The number of methoxy groups -OCH3 is 1. The monoisotopic (exact) mass is 298 g/mol. The minimum Gasteiger partial charge on any atom is -0.469 e. The van der Waals surface area contributed by atoms with Crippen LogP contribution < -0.4 is 0 Å². The maximum absolute atomic E-state index is 13.2. The Hall–Kier alpha value is -1.42. The summed E-state index contributed by atoms with van der Waals surface area (Å²) >= 11 is 5.76. The van der Waals surface area contributed by atoms with Gasteiger partial charge in [-0.1, -0.05) is 17.7 Å². The SMILES string of the molecule is COC(=O)C(CC1CCC(=O)C1)c1ccc(F)c(Cl)c1. The van der Waals surface area contributed by atoms with E-state index in [1.165, 1.54) is 19.2 Å². The number of Topliss-reactive ketones (excluding diaryl/α,β-unsaturated/α-hetero) is 1. The molecule has 0 aromatic heterocycles. The van der Waals surface area contributed by atoms with Crippen molar-refractivity contribution in [1.82, 2.24) is 0 Å². The Morgan fingerprint density at radius 2 is 2.30 bits per heavy atom. The van der Waals surface area contributed by atoms with E-state index < -0.39 is 11.7 Å². The Labute approximate surface area is 122 Å². The molecule has 0 spiro atoms. The van der Waals surface area contributed by atoms with Gasteiger partial charge in [-0.25, -0.2) is 4.39 Å². The Kier molecular flexibility index (Phi) is 4.76. The summed E-state index contributed by atoms with van der Waals surface area (Å²) in [5, 5.41) is -0.0149. The average molecular weight is 299 g/mol. The molecule has 0 heterocycles. The Morgan fingerprint density at radius 3 is 2.85 bits per heavy atom. The molecule has 1 aliphatic rings. The second-order valence-corrected chi connectivity index (χ2v) is 5.54. The lowest BCUT2D eigenvalue weighted by Gasteiger charge is -2.18. The Balaban J connectivity index is 2.20. The summed E-state index contributed by atoms with van der Waals surface area (Å²) in [6.45, 7) is 0. The van der Waals surface area contributed by atoms with Crippen molar-refractivity contribution < 1.29 is 18.7 Å². The van der Waals surface area contributed by atoms with Gasteiger partial charge in [0.1, 0.15) is 11.6 Å². The summed E-state index contributed by atoms with van der Waals surface area (Å²) in [6, 6.07) is 4.24. The van der Waals surface area contributed by atoms with E-state index in [9.17, 15) is 14.0 Å². The zero-order valence-corrected chi connectivity index (χ0v) is 12.0. The van der Waals surface area contributed by atoms with Crippen LogP contribution in [-0.2, 0) is 14.3 Å². The van der Waals surface area contributed by atoms with Crippen molar-refractivity contribution in [3.05, 3.63) is 34.6 Å². The molecule has 1 aliphatic carbocycles. The number of ether oxygens (including phenoxy) is 1. The molecule has 2 atom stereocenters. The number of carbonyl (C=O) groups excluding carboxylic acids is 2. The van der Waals surface area contributed by atoms with Crippen molar-refractivity contribution in [3.8, 4) is 0 Å². The van der Waals surface area contributed by atoms with Crippen LogP contribution in [0.15, 0.2) is 18.2 Å². The van der Waals surface area contributed by atoms with Crippen molar-refractivity contribution in [1.29, 1.82) is 0 Å². The van der Waals surface area contributed by atoms with Crippen LogP contribution in [0.25, 0.3) is 0 Å². The fourth-order valence-electron chi connectivity index (χ4n) is 2.67. The fraction of sp³-hybridized carbons (Fsp3) is 0.467. The third-order valence-corrected chi connectivity index (χ3v) is 4.04. The highest BCUT2D eigenvalue weighted by molar-refractivity contribution is 6.30. The van der Waals surface area contributed by atoms with Crippen LogP contribution in [0.3, 0.4) is 0 Å². The van der Waals surface area contributed by atoms with Gasteiger partial charge in [-0.2, -0.15) is 0 Å². The summed E-state index contributed by atoms with van der Waals surface area (Å²) in [4.78, 5) is 23.3. The molecule has 1 saturated carbocycles. The number of halogens is 2. The molecule has 0 saturated heterocycles. The molecule has 0 N–H and O–H groups in total. The molecule has 0 amide bonds. The number of rotatable bonds is 4. The van der Waals surface area contributed by atoms with E-state index >= 15 is 0 Å². The quantitative estimate of drug-likeness (QED) is 0.799. The van der Waals surface area contributed by atoms with Crippen LogP contribution in [0.5, 0.6) is 0 Å². The average Bonchev–Trinajstić information content (AvgIpc) is 2.84. The van der Waals surface area contributed by atoms with Gasteiger partial charge in [0.2, 0.25) is 0 Å². The molecular formula is C15H16ClFO3. The lowest BCUT2D eigenvalue weighted by Crippen LogP contribution is -2.17. The second-order valence-electron chi connectivity index (χ2n) is 5.13. The topological polar surface area (TPSA) is 43.4 Å². The zero-order chi connectivity index (χ0) is 14.7. The van der Waals surface area contributed by atoms with E-state index in [0.717, 1.165) is 6.42 Å². The van der Waals surface area contributed by atoms with E-state index in [1.807, 2.05) is 0 Å². The molecule has 108 valence electrons.